The molecule has 0 amide bonds. The van der Waals surface area contributed by atoms with Gasteiger partial charge < -0.3 is 10.1 Å². The van der Waals surface area contributed by atoms with Crippen molar-refractivity contribution in [3.05, 3.63) is 46.2 Å². The van der Waals surface area contributed by atoms with Gasteiger partial charge in [-0.3, -0.25) is 4.68 Å². The molecule has 0 spiro atoms. The van der Waals surface area contributed by atoms with Crippen molar-refractivity contribution in [2.24, 2.45) is 0 Å². The Bertz CT molecular complexity index is 595. The molecule has 114 valence electrons. The van der Waals surface area contributed by atoms with Crippen molar-refractivity contribution in [2.75, 3.05) is 13.7 Å². The molecular formula is C16H22ClN3O. The highest BCUT2D eigenvalue weighted by molar-refractivity contribution is 6.30. The van der Waals surface area contributed by atoms with Gasteiger partial charge in [0.1, 0.15) is 5.75 Å². The predicted molar refractivity (Wildman–Crippen MR) is 86.0 cm³/mol. The molecule has 0 saturated carbocycles. The van der Waals surface area contributed by atoms with Gasteiger partial charge in [-0.25, -0.2) is 0 Å². The first-order valence-corrected chi connectivity index (χ1v) is 7.52. The zero-order chi connectivity index (χ0) is 15.2. The molecule has 1 aromatic heterocycles. The van der Waals surface area contributed by atoms with Crippen molar-refractivity contribution in [1.29, 1.82) is 0 Å². The fourth-order valence-electron chi connectivity index (χ4n) is 2.36. The van der Waals surface area contributed by atoms with Gasteiger partial charge in [-0.15, -0.1) is 0 Å². The van der Waals surface area contributed by atoms with Crippen molar-refractivity contribution < 1.29 is 4.74 Å². The Kier molecular flexibility index (Phi) is 5.65. The third-order valence-corrected chi connectivity index (χ3v) is 3.62. The molecule has 0 aliphatic rings. The van der Waals surface area contributed by atoms with Gasteiger partial charge in [-0.1, -0.05) is 11.6 Å². The first-order chi connectivity index (χ1) is 10.1. The lowest BCUT2D eigenvalue weighted by Crippen LogP contribution is -2.17. The number of benzene rings is 1. The Hall–Kier alpha value is -1.52. The molecule has 5 heteroatoms. The Labute approximate surface area is 131 Å². The standard InChI is InChI=1S/C16H22ClN3O/c1-12-9-13(2)20(19-12)8-4-7-18-11-14-10-15(17)5-6-16(14)21-3/h5-6,9-10,18H,4,7-8,11H2,1-3H3. The van der Waals surface area contributed by atoms with E-state index < -0.39 is 0 Å². The summed E-state index contributed by atoms with van der Waals surface area (Å²) in [5.41, 5.74) is 3.37. The van der Waals surface area contributed by atoms with Crippen LogP contribution in [-0.4, -0.2) is 23.4 Å². The van der Waals surface area contributed by atoms with Crippen LogP contribution in [-0.2, 0) is 13.1 Å². The van der Waals surface area contributed by atoms with Crippen LogP contribution in [0.5, 0.6) is 5.75 Å². The second kappa shape index (κ2) is 7.48. The second-order valence-electron chi connectivity index (χ2n) is 5.14. The molecule has 0 aliphatic heterocycles. The lowest BCUT2D eigenvalue weighted by atomic mass is 10.2. The SMILES string of the molecule is COc1ccc(Cl)cc1CNCCCn1nc(C)cc1C. The molecular weight excluding hydrogens is 286 g/mol. The molecule has 2 rings (SSSR count). The topological polar surface area (TPSA) is 39.1 Å². The summed E-state index contributed by atoms with van der Waals surface area (Å²) in [6.45, 7) is 6.71. The van der Waals surface area contributed by atoms with Crippen molar-refractivity contribution >= 4 is 11.6 Å². The van der Waals surface area contributed by atoms with E-state index in [1.165, 1.54) is 5.69 Å². The van der Waals surface area contributed by atoms with E-state index in [0.29, 0.717) is 0 Å². The number of aromatic nitrogens is 2. The van der Waals surface area contributed by atoms with Crippen molar-refractivity contribution in [3.63, 3.8) is 0 Å². The summed E-state index contributed by atoms with van der Waals surface area (Å²) in [6.07, 6.45) is 1.03. The maximum Gasteiger partial charge on any atom is 0.123 e. The molecule has 21 heavy (non-hydrogen) atoms. The van der Waals surface area contributed by atoms with Gasteiger partial charge >= 0.3 is 0 Å². The molecule has 1 aromatic carbocycles. The molecule has 0 aliphatic carbocycles. The average molecular weight is 308 g/mol. The number of hydrogen-bond acceptors (Lipinski definition) is 3. The van der Waals surface area contributed by atoms with Crippen LogP contribution >= 0.6 is 11.6 Å². The number of nitrogens with zero attached hydrogens (tertiary/aromatic N) is 2. The van der Waals surface area contributed by atoms with E-state index in [2.05, 4.69) is 28.1 Å². The number of rotatable bonds is 7. The zero-order valence-corrected chi connectivity index (χ0v) is 13.6. The minimum atomic E-state index is 0.732. The quantitative estimate of drug-likeness (QED) is 0.797. The van der Waals surface area contributed by atoms with E-state index in [1.807, 2.05) is 25.1 Å². The lowest BCUT2D eigenvalue weighted by Gasteiger charge is -2.10. The largest absolute Gasteiger partial charge is 0.496 e. The first-order valence-electron chi connectivity index (χ1n) is 7.14. The highest BCUT2D eigenvalue weighted by atomic mass is 35.5. The van der Waals surface area contributed by atoms with E-state index in [0.717, 1.165) is 48.1 Å². The number of hydrogen-bond donors (Lipinski definition) is 1. The molecule has 0 radical (unpaired) electrons. The van der Waals surface area contributed by atoms with Gasteiger partial charge in [-0.2, -0.15) is 5.10 Å². The molecule has 1 N–H and O–H groups in total. The van der Waals surface area contributed by atoms with E-state index in [4.69, 9.17) is 16.3 Å². The fourth-order valence-corrected chi connectivity index (χ4v) is 2.56. The van der Waals surface area contributed by atoms with Crippen LogP contribution in [0.2, 0.25) is 5.02 Å². The molecule has 0 atom stereocenters. The maximum absolute atomic E-state index is 6.02. The molecule has 0 fully saturated rings. The smallest absolute Gasteiger partial charge is 0.123 e. The summed E-state index contributed by atoms with van der Waals surface area (Å²) in [6, 6.07) is 7.78. The predicted octanol–water partition coefficient (Wildman–Crippen LogP) is 3.34. The highest BCUT2D eigenvalue weighted by Gasteiger charge is 2.04. The van der Waals surface area contributed by atoms with Crippen LogP contribution in [0.4, 0.5) is 0 Å². The molecule has 4 nitrogen and oxygen atoms in total. The van der Waals surface area contributed by atoms with Crippen LogP contribution < -0.4 is 10.1 Å². The van der Waals surface area contributed by atoms with Crippen LogP contribution in [0.25, 0.3) is 0 Å². The minimum Gasteiger partial charge on any atom is -0.496 e. The second-order valence-corrected chi connectivity index (χ2v) is 5.57. The summed E-state index contributed by atoms with van der Waals surface area (Å²) in [5.74, 6) is 0.866. The lowest BCUT2D eigenvalue weighted by molar-refractivity contribution is 0.407. The van der Waals surface area contributed by atoms with E-state index >= 15 is 0 Å². The van der Waals surface area contributed by atoms with Crippen molar-refractivity contribution in [1.82, 2.24) is 15.1 Å². The normalized spacial score (nSPS) is 10.9. The Morgan fingerprint density at radius 2 is 2.10 bits per heavy atom. The van der Waals surface area contributed by atoms with Crippen LogP contribution in [0, 0.1) is 13.8 Å². The van der Waals surface area contributed by atoms with Gasteiger partial charge in [0.15, 0.2) is 0 Å². The molecule has 0 saturated heterocycles. The Balaban J connectivity index is 1.77. The van der Waals surface area contributed by atoms with Gasteiger partial charge in [0.25, 0.3) is 0 Å². The Morgan fingerprint density at radius 3 is 2.76 bits per heavy atom. The van der Waals surface area contributed by atoms with Crippen molar-refractivity contribution in [3.8, 4) is 5.75 Å². The van der Waals surface area contributed by atoms with E-state index in [9.17, 15) is 0 Å². The Morgan fingerprint density at radius 1 is 1.29 bits per heavy atom. The number of halogens is 1. The fraction of sp³-hybridized carbons (Fsp3) is 0.438. The van der Waals surface area contributed by atoms with E-state index in [1.54, 1.807) is 7.11 Å². The van der Waals surface area contributed by atoms with Gasteiger partial charge in [-0.05, 0) is 51.1 Å². The number of aryl methyl sites for hydroxylation is 3. The summed E-state index contributed by atoms with van der Waals surface area (Å²) >= 11 is 6.02. The highest BCUT2D eigenvalue weighted by Crippen LogP contribution is 2.22. The summed E-state index contributed by atoms with van der Waals surface area (Å²) in [7, 11) is 1.68. The van der Waals surface area contributed by atoms with Gasteiger partial charge in [0.05, 0.1) is 12.8 Å². The zero-order valence-electron chi connectivity index (χ0n) is 12.8. The molecule has 0 bridgehead atoms. The van der Waals surface area contributed by atoms with E-state index in [-0.39, 0.29) is 0 Å². The molecule has 0 unspecified atom stereocenters. The summed E-state index contributed by atoms with van der Waals surface area (Å²) in [4.78, 5) is 0. The third-order valence-electron chi connectivity index (χ3n) is 3.38. The summed E-state index contributed by atoms with van der Waals surface area (Å²) < 4.78 is 7.38. The van der Waals surface area contributed by atoms with Gasteiger partial charge in [0.2, 0.25) is 0 Å². The minimum absolute atomic E-state index is 0.732. The average Bonchev–Trinajstić information content (AvgIpc) is 2.77. The molecule has 1 heterocycles. The van der Waals surface area contributed by atoms with Crippen LogP contribution in [0.1, 0.15) is 23.4 Å². The van der Waals surface area contributed by atoms with Crippen LogP contribution in [0.15, 0.2) is 24.3 Å². The molecule has 2 aromatic rings. The monoisotopic (exact) mass is 307 g/mol. The van der Waals surface area contributed by atoms with Gasteiger partial charge in [0, 0.05) is 29.4 Å². The first kappa shape index (κ1) is 15.9. The number of methoxy groups -OCH3 is 1. The summed E-state index contributed by atoms with van der Waals surface area (Å²) in [5, 5.41) is 8.61. The number of ether oxygens (including phenoxy) is 1. The number of nitrogens with one attached hydrogen (secondary N) is 1. The van der Waals surface area contributed by atoms with Crippen LogP contribution in [0.3, 0.4) is 0 Å². The maximum atomic E-state index is 6.02. The third kappa shape index (κ3) is 4.48. The van der Waals surface area contributed by atoms with Crippen molar-refractivity contribution in [2.45, 2.75) is 33.4 Å².